The maximum absolute atomic E-state index is 16.0. The highest BCUT2D eigenvalue weighted by Gasteiger charge is 2.37. The lowest BCUT2D eigenvalue weighted by Crippen LogP contribution is -1.96. The van der Waals surface area contributed by atoms with E-state index in [9.17, 15) is 36.8 Å². The van der Waals surface area contributed by atoms with Gasteiger partial charge in [0.2, 0.25) is 5.70 Å². The van der Waals surface area contributed by atoms with Crippen LogP contribution in [0, 0.1) is 85.9 Å². The average molecular weight is 566 g/mol. The van der Waals surface area contributed by atoms with Crippen LogP contribution in [0.1, 0.15) is 55.6 Å². The lowest BCUT2D eigenvalue weighted by molar-refractivity contribution is 0.682. The zero-order valence-electron chi connectivity index (χ0n) is 22.0. The van der Waals surface area contributed by atoms with Gasteiger partial charge in [0, 0.05) is 22.3 Å². The lowest BCUT2D eigenvalue weighted by Gasteiger charge is -2.12. The van der Waals surface area contributed by atoms with Gasteiger partial charge in [-0.2, -0.15) is 36.8 Å². The van der Waals surface area contributed by atoms with E-state index in [0.717, 1.165) is 0 Å². The molecule has 0 radical (unpaired) electrons. The third-order valence-electron chi connectivity index (χ3n) is 6.99. The van der Waals surface area contributed by atoms with Crippen LogP contribution in [0.25, 0.3) is 38.4 Å². The Morgan fingerprint density at radius 2 is 0.932 bits per heavy atom. The minimum atomic E-state index is -1.08. The van der Waals surface area contributed by atoms with Crippen LogP contribution in [0.15, 0.2) is 60.2 Å². The van der Waals surface area contributed by atoms with Gasteiger partial charge in [-0.3, -0.25) is 0 Å². The Labute approximate surface area is 248 Å². The average Bonchev–Trinajstić information content (AvgIpc) is 3.48. The first kappa shape index (κ1) is 27.9. The molecule has 0 amide bonds. The van der Waals surface area contributed by atoms with E-state index < -0.39 is 22.8 Å². The fourth-order valence-corrected chi connectivity index (χ4v) is 5.17. The third-order valence-corrected chi connectivity index (χ3v) is 6.99. The van der Waals surface area contributed by atoms with E-state index >= 15 is 8.78 Å². The molecule has 10 heteroatoms. The Kier molecular flexibility index (Phi) is 6.83. The Morgan fingerprint density at radius 3 is 1.32 bits per heavy atom. The summed E-state index contributed by atoms with van der Waals surface area (Å²) in [5.41, 5.74) is -2.21. The molecule has 0 bridgehead atoms. The molecule has 3 aromatic carbocycles. The molecule has 5 rings (SSSR count). The zero-order chi connectivity index (χ0) is 31.7. The third kappa shape index (κ3) is 4.13. The van der Waals surface area contributed by atoms with Crippen LogP contribution in [0.5, 0.6) is 0 Å². The van der Waals surface area contributed by atoms with Crippen LogP contribution < -0.4 is 0 Å². The summed E-state index contributed by atoms with van der Waals surface area (Å²) in [5, 5.41) is 67.5. The molecule has 0 heterocycles. The summed E-state index contributed by atoms with van der Waals surface area (Å²) in [6.45, 7) is 7.83. The van der Waals surface area contributed by atoms with Crippen molar-refractivity contribution in [2.45, 2.75) is 0 Å². The molecule has 198 valence electrons. The van der Waals surface area contributed by atoms with Crippen molar-refractivity contribution in [1.29, 1.82) is 36.8 Å². The van der Waals surface area contributed by atoms with E-state index in [1.165, 1.54) is 48.5 Å². The second-order valence-corrected chi connectivity index (χ2v) is 9.29. The largest absolute Gasteiger partial charge is 0.237 e. The van der Waals surface area contributed by atoms with Crippen molar-refractivity contribution in [3.63, 3.8) is 0 Å². The highest BCUT2D eigenvalue weighted by atomic mass is 19.1. The lowest BCUT2D eigenvalue weighted by atomic mass is 9.90. The van der Waals surface area contributed by atoms with Gasteiger partial charge in [0.05, 0.1) is 69.8 Å². The standard InChI is InChI=1S/C34H8F2N8/c1-44-34(22-6-19(12-39)3-20(7-22)13-40)31-26-9-23-25(8-24(26)29(16-43)33(31)36)30(32(35)28(23)15-42)27(14-41)21-4-17(10-37)2-18(5-21)11-38/h2-9H/b30-27-,34-31+. The van der Waals surface area contributed by atoms with Gasteiger partial charge in [0.1, 0.15) is 24.0 Å². The number of nitriles is 7. The molecule has 8 nitrogen and oxygen atoms in total. The summed E-state index contributed by atoms with van der Waals surface area (Å²) in [7, 11) is 0. The normalized spacial score (nSPS) is 14.8. The van der Waals surface area contributed by atoms with Gasteiger partial charge < -0.3 is 0 Å². The van der Waals surface area contributed by atoms with Crippen LogP contribution in [-0.2, 0) is 0 Å². The molecule has 0 unspecified atom stereocenters. The molecule has 0 fully saturated rings. The van der Waals surface area contributed by atoms with Gasteiger partial charge in [-0.25, -0.2) is 13.6 Å². The molecule has 0 atom stereocenters. The van der Waals surface area contributed by atoms with Gasteiger partial charge in [0.15, 0.2) is 5.83 Å². The molecule has 0 spiro atoms. The predicted molar refractivity (Wildman–Crippen MR) is 151 cm³/mol. The summed E-state index contributed by atoms with van der Waals surface area (Å²) in [6.07, 6.45) is 0. The predicted octanol–water partition coefficient (Wildman–Crippen LogP) is 6.83. The highest BCUT2D eigenvalue weighted by molar-refractivity contribution is 6.17. The zero-order valence-corrected chi connectivity index (χ0v) is 22.0. The van der Waals surface area contributed by atoms with Crippen LogP contribution in [0.4, 0.5) is 8.78 Å². The number of benzene rings is 3. The van der Waals surface area contributed by atoms with E-state index in [-0.39, 0.29) is 78.1 Å². The van der Waals surface area contributed by atoms with Gasteiger partial charge in [-0.15, -0.1) is 0 Å². The quantitative estimate of drug-likeness (QED) is 0.241. The molecular formula is C34H8F2N8. The Morgan fingerprint density at radius 1 is 0.523 bits per heavy atom. The van der Waals surface area contributed by atoms with E-state index in [1.807, 2.05) is 30.3 Å². The van der Waals surface area contributed by atoms with E-state index in [4.69, 9.17) is 6.57 Å². The SMILES string of the molecule is [C-]#[N+]/C(=C1/C(F)=C(C#N)c2cc3c(cc21)C(C#N)=C(F)/C3=C(/C#N)c1cc(C#N)cc(C#N)c1)c1cc(C#N)cc(C#N)c1. The van der Waals surface area contributed by atoms with Crippen LogP contribution in [0.3, 0.4) is 0 Å². The van der Waals surface area contributed by atoms with Crippen molar-refractivity contribution in [3.05, 3.63) is 127 Å². The van der Waals surface area contributed by atoms with Gasteiger partial charge in [0.25, 0.3) is 0 Å². The van der Waals surface area contributed by atoms with Gasteiger partial charge in [-0.1, -0.05) is 0 Å². The molecule has 2 aliphatic carbocycles. The molecule has 3 aromatic rings. The number of nitrogens with zero attached hydrogens (tertiary/aromatic N) is 8. The van der Waals surface area contributed by atoms with Crippen LogP contribution >= 0.6 is 0 Å². The summed E-state index contributed by atoms with van der Waals surface area (Å²) in [6, 6.07) is 23.1. The van der Waals surface area contributed by atoms with Crippen molar-refractivity contribution in [3.8, 4) is 42.5 Å². The Hall–Kier alpha value is -7.60. The summed E-state index contributed by atoms with van der Waals surface area (Å²) >= 11 is 0. The van der Waals surface area contributed by atoms with Crippen LogP contribution in [-0.4, -0.2) is 0 Å². The summed E-state index contributed by atoms with van der Waals surface area (Å²) in [5.74, 6) is -2.16. The summed E-state index contributed by atoms with van der Waals surface area (Å²) < 4.78 is 31.9. The van der Waals surface area contributed by atoms with E-state index in [0.29, 0.717) is 0 Å². The number of allylic oxidation sites excluding steroid dienone is 7. The van der Waals surface area contributed by atoms with E-state index in [2.05, 4.69) is 4.85 Å². The van der Waals surface area contributed by atoms with Gasteiger partial charge >= 0.3 is 0 Å². The number of fused-ring (bicyclic) bond motifs is 2. The monoisotopic (exact) mass is 566 g/mol. The number of hydrogen-bond donors (Lipinski definition) is 0. The maximum atomic E-state index is 16.0. The highest BCUT2D eigenvalue weighted by Crippen LogP contribution is 2.52. The molecule has 2 aliphatic rings. The second-order valence-electron chi connectivity index (χ2n) is 9.29. The smallest absolute Gasteiger partial charge is 0.205 e. The maximum Gasteiger partial charge on any atom is 0.205 e. The molecule has 0 saturated carbocycles. The number of hydrogen-bond acceptors (Lipinski definition) is 7. The molecule has 0 aliphatic heterocycles. The van der Waals surface area contributed by atoms with Crippen molar-refractivity contribution < 1.29 is 8.78 Å². The fraction of sp³-hybridized carbons (Fsp3) is 0. The molecular weight excluding hydrogens is 558 g/mol. The summed E-state index contributed by atoms with van der Waals surface area (Å²) in [4.78, 5) is 3.46. The van der Waals surface area contributed by atoms with Crippen molar-refractivity contribution >= 4 is 33.6 Å². The first-order chi connectivity index (χ1) is 21.3. The molecule has 44 heavy (non-hydrogen) atoms. The Balaban J connectivity index is 1.88. The molecule has 0 N–H and O–H groups in total. The molecule has 0 aromatic heterocycles. The van der Waals surface area contributed by atoms with Crippen molar-refractivity contribution in [2.24, 2.45) is 0 Å². The molecule has 0 saturated heterocycles. The van der Waals surface area contributed by atoms with E-state index in [1.54, 1.807) is 12.1 Å². The first-order valence-electron chi connectivity index (χ1n) is 12.3. The van der Waals surface area contributed by atoms with Crippen molar-refractivity contribution in [1.82, 2.24) is 0 Å². The minimum absolute atomic E-state index is 0.0109. The number of rotatable bonds is 2. The van der Waals surface area contributed by atoms with Crippen LogP contribution in [0.2, 0.25) is 0 Å². The Bertz CT molecular complexity index is 2150. The topological polar surface area (TPSA) is 171 Å². The van der Waals surface area contributed by atoms with Crippen molar-refractivity contribution in [2.75, 3.05) is 0 Å². The number of halogens is 2. The first-order valence-corrected chi connectivity index (χ1v) is 12.3. The van der Waals surface area contributed by atoms with Gasteiger partial charge in [-0.05, 0) is 70.8 Å². The second kappa shape index (κ2) is 10.8. The minimum Gasteiger partial charge on any atom is -0.237 e. The fourth-order valence-electron chi connectivity index (χ4n) is 5.17.